The van der Waals surface area contributed by atoms with E-state index >= 15 is 0 Å². The maximum atomic E-state index is 8.76. The third-order valence-electron chi connectivity index (χ3n) is 2.35. The van der Waals surface area contributed by atoms with E-state index in [9.17, 15) is 0 Å². The summed E-state index contributed by atoms with van der Waals surface area (Å²) in [6.07, 6.45) is 0.289. The van der Waals surface area contributed by atoms with Crippen molar-refractivity contribution in [1.29, 1.82) is 5.26 Å². The summed E-state index contributed by atoms with van der Waals surface area (Å²) in [7, 11) is 0. The molecule has 0 amide bonds. The van der Waals surface area contributed by atoms with Crippen LogP contribution in [0.4, 0.5) is 0 Å². The van der Waals surface area contributed by atoms with Gasteiger partial charge >= 0.3 is 0 Å². The van der Waals surface area contributed by atoms with Gasteiger partial charge in [-0.15, -0.1) is 0 Å². The highest BCUT2D eigenvalue weighted by Crippen LogP contribution is 2.29. The Hall–Kier alpha value is -1.73. The van der Waals surface area contributed by atoms with Gasteiger partial charge in [0.25, 0.3) is 0 Å². The molecule has 0 radical (unpaired) electrons. The van der Waals surface area contributed by atoms with Crippen LogP contribution in [0.15, 0.2) is 18.2 Å². The van der Waals surface area contributed by atoms with E-state index in [0.717, 1.165) is 12.0 Å². The van der Waals surface area contributed by atoms with E-state index in [2.05, 4.69) is 0 Å². The van der Waals surface area contributed by atoms with Crippen molar-refractivity contribution in [1.82, 2.24) is 0 Å². The minimum absolute atomic E-state index is 0.101. The van der Waals surface area contributed by atoms with Crippen molar-refractivity contribution in [2.24, 2.45) is 5.73 Å². The maximum absolute atomic E-state index is 8.76. The molecule has 0 aliphatic heterocycles. The Labute approximate surface area is 108 Å². The fourth-order valence-electron chi connectivity index (χ4n) is 1.63. The minimum atomic E-state index is -0.497. The minimum Gasteiger partial charge on any atom is -0.490 e. The molecule has 4 heteroatoms. The van der Waals surface area contributed by atoms with E-state index in [-0.39, 0.29) is 6.04 Å². The van der Waals surface area contributed by atoms with Crippen molar-refractivity contribution in [2.45, 2.75) is 39.3 Å². The van der Waals surface area contributed by atoms with Crippen LogP contribution in [0.1, 0.15) is 26.3 Å². The highest BCUT2D eigenvalue weighted by atomic mass is 16.5. The Morgan fingerprint density at radius 1 is 1.33 bits per heavy atom. The van der Waals surface area contributed by atoms with Gasteiger partial charge in [-0.3, -0.25) is 0 Å². The van der Waals surface area contributed by atoms with Crippen molar-refractivity contribution in [3.63, 3.8) is 0 Å². The SMILES string of the molecule is CCOc1cc(CC(C)N)ccc1OC(C)C#N. The first kappa shape index (κ1) is 14.3. The van der Waals surface area contributed by atoms with Crippen LogP contribution in [0.3, 0.4) is 0 Å². The lowest BCUT2D eigenvalue weighted by molar-refractivity contribution is 0.250. The van der Waals surface area contributed by atoms with Crippen LogP contribution in [-0.4, -0.2) is 18.8 Å². The Balaban J connectivity index is 2.93. The lowest BCUT2D eigenvalue weighted by Crippen LogP contribution is -2.18. The molecule has 1 aromatic rings. The Bertz CT molecular complexity index is 424. The molecule has 1 rings (SSSR count). The zero-order valence-corrected chi connectivity index (χ0v) is 11.1. The summed E-state index contributed by atoms with van der Waals surface area (Å²) in [5.41, 5.74) is 6.88. The number of nitrogens with two attached hydrogens (primary N) is 1. The number of nitriles is 1. The second-order valence-corrected chi connectivity index (χ2v) is 4.28. The molecule has 0 saturated heterocycles. The predicted molar refractivity (Wildman–Crippen MR) is 70.7 cm³/mol. The Kier molecular flexibility index (Phi) is 5.47. The quantitative estimate of drug-likeness (QED) is 0.838. The zero-order valence-electron chi connectivity index (χ0n) is 11.1. The molecule has 2 atom stereocenters. The van der Waals surface area contributed by atoms with E-state index in [0.29, 0.717) is 18.1 Å². The van der Waals surface area contributed by atoms with E-state index < -0.39 is 6.10 Å². The highest BCUT2D eigenvalue weighted by Gasteiger charge is 2.10. The molecule has 0 spiro atoms. The van der Waals surface area contributed by atoms with Crippen LogP contribution in [0, 0.1) is 11.3 Å². The third-order valence-corrected chi connectivity index (χ3v) is 2.35. The first-order valence-electron chi connectivity index (χ1n) is 6.14. The maximum Gasteiger partial charge on any atom is 0.181 e. The average molecular weight is 248 g/mol. The van der Waals surface area contributed by atoms with Gasteiger partial charge in [-0.1, -0.05) is 6.07 Å². The number of nitrogens with zero attached hydrogens (tertiary/aromatic N) is 1. The number of rotatable bonds is 6. The molecular formula is C14H20N2O2. The summed E-state index contributed by atoms with van der Waals surface area (Å²) in [6.45, 7) is 6.13. The molecule has 0 aliphatic carbocycles. The normalized spacial score (nSPS) is 13.5. The molecule has 0 saturated carbocycles. The number of hydrogen-bond donors (Lipinski definition) is 1. The van der Waals surface area contributed by atoms with Gasteiger partial charge in [0.2, 0.25) is 0 Å². The van der Waals surface area contributed by atoms with Crippen LogP contribution in [0.5, 0.6) is 11.5 Å². The number of benzene rings is 1. The molecule has 0 fully saturated rings. The van der Waals surface area contributed by atoms with Crippen molar-refractivity contribution >= 4 is 0 Å². The van der Waals surface area contributed by atoms with Crippen LogP contribution in [0.25, 0.3) is 0 Å². The van der Waals surface area contributed by atoms with Crippen molar-refractivity contribution in [2.75, 3.05) is 6.61 Å². The van der Waals surface area contributed by atoms with Crippen LogP contribution in [-0.2, 0) is 6.42 Å². The van der Waals surface area contributed by atoms with Crippen molar-refractivity contribution in [3.05, 3.63) is 23.8 Å². The van der Waals surface area contributed by atoms with E-state index in [4.69, 9.17) is 20.5 Å². The molecule has 2 unspecified atom stereocenters. The average Bonchev–Trinajstić information content (AvgIpc) is 2.32. The summed E-state index contributed by atoms with van der Waals surface area (Å²) in [5.74, 6) is 1.26. The first-order chi connectivity index (χ1) is 8.56. The van der Waals surface area contributed by atoms with Gasteiger partial charge in [0.15, 0.2) is 17.6 Å². The van der Waals surface area contributed by atoms with Crippen molar-refractivity contribution < 1.29 is 9.47 Å². The second-order valence-electron chi connectivity index (χ2n) is 4.28. The molecule has 0 aromatic heterocycles. The van der Waals surface area contributed by atoms with Crippen LogP contribution >= 0.6 is 0 Å². The lowest BCUT2D eigenvalue weighted by atomic mass is 10.1. The van der Waals surface area contributed by atoms with Crippen LogP contribution in [0.2, 0.25) is 0 Å². The first-order valence-corrected chi connectivity index (χ1v) is 6.14. The van der Waals surface area contributed by atoms with Gasteiger partial charge in [0, 0.05) is 6.04 Å². The fourth-order valence-corrected chi connectivity index (χ4v) is 1.63. The molecule has 0 heterocycles. The summed E-state index contributed by atoms with van der Waals surface area (Å²) in [4.78, 5) is 0. The largest absolute Gasteiger partial charge is 0.490 e. The number of ether oxygens (including phenoxy) is 2. The molecular weight excluding hydrogens is 228 g/mol. The van der Waals surface area contributed by atoms with Gasteiger partial charge in [-0.25, -0.2) is 0 Å². The van der Waals surface area contributed by atoms with E-state index in [1.54, 1.807) is 6.92 Å². The number of hydrogen-bond acceptors (Lipinski definition) is 4. The van der Waals surface area contributed by atoms with Gasteiger partial charge in [-0.05, 0) is 44.9 Å². The molecule has 2 N–H and O–H groups in total. The second kappa shape index (κ2) is 6.87. The predicted octanol–water partition coefficient (Wildman–Crippen LogP) is 2.27. The summed E-state index contributed by atoms with van der Waals surface area (Å²) in [5, 5.41) is 8.76. The van der Waals surface area contributed by atoms with Gasteiger partial charge < -0.3 is 15.2 Å². The van der Waals surface area contributed by atoms with Crippen LogP contribution < -0.4 is 15.2 Å². The summed E-state index contributed by atoms with van der Waals surface area (Å²) in [6, 6.07) is 7.84. The van der Waals surface area contributed by atoms with E-state index in [1.165, 1.54) is 0 Å². The van der Waals surface area contributed by atoms with Gasteiger partial charge in [-0.2, -0.15) is 5.26 Å². The fraction of sp³-hybridized carbons (Fsp3) is 0.500. The smallest absolute Gasteiger partial charge is 0.181 e. The topological polar surface area (TPSA) is 68.3 Å². The molecule has 0 bridgehead atoms. The Morgan fingerprint density at radius 2 is 2.06 bits per heavy atom. The standard InChI is InChI=1S/C14H20N2O2/c1-4-17-14-8-12(7-10(2)16)5-6-13(14)18-11(3)9-15/h5-6,8,10-11H,4,7,16H2,1-3H3. The highest BCUT2D eigenvalue weighted by molar-refractivity contribution is 5.43. The molecule has 1 aromatic carbocycles. The third kappa shape index (κ3) is 4.27. The van der Waals surface area contributed by atoms with Gasteiger partial charge in [0.1, 0.15) is 6.07 Å². The van der Waals surface area contributed by atoms with Gasteiger partial charge in [0.05, 0.1) is 6.61 Å². The van der Waals surface area contributed by atoms with Crippen molar-refractivity contribution in [3.8, 4) is 17.6 Å². The lowest BCUT2D eigenvalue weighted by Gasteiger charge is -2.15. The summed E-state index contributed by atoms with van der Waals surface area (Å²) >= 11 is 0. The monoisotopic (exact) mass is 248 g/mol. The zero-order chi connectivity index (χ0) is 13.5. The van der Waals surface area contributed by atoms with E-state index in [1.807, 2.05) is 38.1 Å². The summed E-state index contributed by atoms with van der Waals surface area (Å²) < 4.78 is 11.0. The molecule has 18 heavy (non-hydrogen) atoms. The Morgan fingerprint density at radius 3 is 2.61 bits per heavy atom. The molecule has 98 valence electrons. The molecule has 0 aliphatic rings. The molecule has 4 nitrogen and oxygen atoms in total.